The molecule has 0 spiro atoms. The van der Waals surface area contributed by atoms with Gasteiger partial charge in [-0.1, -0.05) is 17.9 Å². The summed E-state index contributed by atoms with van der Waals surface area (Å²) in [4.78, 5) is 4.14. The molecule has 2 heterocycles. The number of nitrogens with zero attached hydrogens (tertiary/aromatic N) is 3. The minimum atomic E-state index is -0.263. The second-order valence-electron chi connectivity index (χ2n) is 6.97. The van der Waals surface area contributed by atoms with E-state index in [1.54, 1.807) is 24.7 Å². The first-order chi connectivity index (χ1) is 14.8. The highest BCUT2D eigenvalue weighted by atomic mass is 19.1. The standard InChI is InChI=1S/C24H22FN5/c25-23-8-4-19(5-9-23)3-7-22-14-20(6-10-24(22)30-13-12-27-18-30)15-26-11-1-2-21-16-28-29-17-21/h4-6,8-10,12-14,16-18,26H,1-2,11,15H2,(H,28,29). The van der Waals surface area contributed by atoms with Crippen LogP contribution in [-0.2, 0) is 13.0 Å². The second-order valence-corrected chi connectivity index (χ2v) is 6.97. The minimum absolute atomic E-state index is 0.263. The Morgan fingerprint density at radius 2 is 1.97 bits per heavy atom. The predicted molar refractivity (Wildman–Crippen MR) is 115 cm³/mol. The van der Waals surface area contributed by atoms with E-state index in [0.717, 1.165) is 48.3 Å². The van der Waals surface area contributed by atoms with E-state index in [-0.39, 0.29) is 5.82 Å². The molecule has 0 atom stereocenters. The van der Waals surface area contributed by atoms with Gasteiger partial charge in [-0.25, -0.2) is 9.37 Å². The third-order valence-electron chi connectivity index (χ3n) is 4.73. The van der Waals surface area contributed by atoms with Crippen LogP contribution in [0.3, 0.4) is 0 Å². The number of benzene rings is 2. The largest absolute Gasteiger partial charge is 0.313 e. The maximum Gasteiger partial charge on any atom is 0.123 e. The van der Waals surface area contributed by atoms with Crippen molar-refractivity contribution in [3.8, 4) is 17.5 Å². The fourth-order valence-electron chi connectivity index (χ4n) is 3.16. The van der Waals surface area contributed by atoms with E-state index < -0.39 is 0 Å². The molecule has 0 saturated heterocycles. The second kappa shape index (κ2) is 9.68. The molecular formula is C24H22FN5. The van der Waals surface area contributed by atoms with Crippen LogP contribution in [0.15, 0.2) is 73.6 Å². The lowest BCUT2D eigenvalue weighted by Gasteiger charge is -2.10. The van der Waals surface area contributed by atoms with Crippen LogP contribution in [0.4, 0.5) is 4.39 Å². The molecule has 2 aromatic heterocycles. The fourth-order valence-corrected chi connectivity index (χ4v) is 3.16. The number of imidazole rings is 1. The monoisotopic (exact) mass is 399 g/mol. The van der Waals surface area contributed by atoms with Crippen molar-refractivity contribution in [3.63, 3.8) is 0 Å². The number of aromatic nitrogens is 4. The van der Waals surface area contributed by atoms with E-state index >= 15 is 0 Å². The molecule has 30 heavy (non-hydrogen) atoms. The van der Waals surface area contributed by atoms with Gasteiger partial charge in [0.1, 0.15) is 5.82 Å². The van der Waals surface area contributed by atoms with Gasteiger partial charge in [0.05, 0.1) is 18.2 Å². The average molecular weight is 399 g/mol. The van der Waals surface area contributed by atoms with Gasteiger partial charge in [0.25, 0.3) is 0 Å². The van der Waals surface area contributed by atoms with Gasteiger partial charge < -0.3 is 9.88 Å². The summed E-state index contributed by atoms with van der Waals surface area (Å²) in [5.41, 5.74) is 5.02. The number of H-pyrrole nitrogens is 1. The number of rotatable bonds is 7. The van der Waals surface area contributed by atoms with Crippen molar-refractivity contribution in [1.29, 1.82) is 0 Å². The van der Waals surface area contributed by atoms with Gasteiger partial charge in [-0.15, -0.1) is 0 Å². The molecule has 0 unspecified atom stereocenters. The molecule has 2 aromatic carbocycles. The third kappa shape index (κ3) is 5.22. The molecule has 0 fully saturated rings. The maximum absolute atomic E-state index is 13.1. The van der Waals surface area contributed by atoms with Crippen LogP contribution in [0.5, 0.6) is 0 Å². The summed E-state index contributed by atoms with van der Waals surface area (Å²) in [5, 5.41) is 10.3. The fraction of sp³-hybridized carbons (Fsp3) is 0.167. The Morgan fingerprint density at radius 1 is 1.07 bits per heavy atom. The maximum atomic E-state index is 13.1. The molecule has 0 aliphatic heterocycles. The summed E-state index contributed by atoms with van der Waals surface area (Å²) in [6.07, 6.45) is 11.2. The predicted octanol–water partition coefficient (Wildman–Crippen LogP) is 3.86. The number of aryl methyl sites for hydroxylation is 1. The van der Waals surface area contributed by atoms with E-state index in [2.05, 4.69) is 50.5 Å². The lowest BCUT2D eigenvalue weighted by molar-refractivity contribution is 0.627. The van der Waals surface area contributed by atoms with E-state index in [4.69, 9.17) is 0 Å². The molecule has 0 radical (unpaired) electrons. The van der Waals surface area contributed by atoms with Gasteiger partial charge in [0.15, 0.2) is 0 Å². The van der Waals surface area contributed by atoms with Gasteiger partial charge in [0.2, 0.25) is 0 Å². The molecule has 4 aromatic rings. The average Bonchev–Trinajstić information content (AvgIpc) is 3.48. The Bertz CT molecular complexity index is 1120. The topological polar surface area (TPSA) is 58.5 Å². The quantitative estimate of drug-likeness (QED) is 0.367. The number of hydrogen-bond donors (Lipinski definition) is 2. The van der Waals surface area contributed by atoms with Crippen molar-refractivity contribution in [2.24, 2.45) is 0 Å². The molecule has 150 valence electrons. The molecular weight excluding hydrogens is 377 g/mol. The van der Waals surface area contributed by atoms with Crippen LogP contribution < -0.4 is 5.32 Å². The van der Waals surface area contributed by atoms with Crippen LogP contribution in [-0.4, -0.2) is 26.3 Å². The van der Waals surface area contributed by atoms with Gasteiger partial charge >= 0.3 is 0 Å². The number of halogens is 1. The van der Waals surface area contributed by atoms with E-state index in [9.17, 15) is 4.39 Å². The Kier molecular flexibility index (Phi) is 6.33. The summed E-state index contributed by atoms with van der Waals surface area (Å²) in [5.74, 6) is 6.11. The number of nitrogens with one attached hydrogen (secondary N) is 2. The van der Waals surface area contributed by atoms with Crippen molar-refractivity contribution in [3.05, 3.63) is 102 Å². The van der Waals surface area contributed by atoms with Crippen LogP contribution >= 0.6 is 0 Å². The Labute approximate surface area is 175 Å². The lowest BCUT2D eigenvalue weighted by Crippen LogP contribution is -2.15. The third-order valence-corrected chi connectivity index (χ3v) is 4.73. The SMILES string of the molecule is Fc1ccc(C#Cc2cc(CNCCCc3cn[nH]c3)ccc2-n2ccnc2)cc1. The first kappa shape index (κ1) is 19.6. The Hall–Kier alpha value is -3.69. The number of aromatic amines is 1. The highest BCUT2D eigenvalue weighted by Crippen LogP contribution is 2.16. The number of hydrogen-bond acceptors (Lipinski definition) is 3. The highest BCUT2D eigenvalue weighted by molar-refractivity contribution is 5.55. The highest BCUT2D eigenvalue weighted by Gasteiger charge is 2.05. The summed E-state index contributed by atoms with van der Waals surface area (Å²) >= 11 is 0. The normalized spacial score (nSPS) is 10.6. The smallest absolute Gasteiger partial charge is 0.123 e. The minimum Gasteiger partial charge on any atom is -0.313 e. The van der Waals surface area contributed by atoms with Crippen molar-refractivity contribution in [2.75, 3.05) is 6.54 Å². The van der Waals surface area contributed by atoms with Crippen molar-refractivity contribution >= 4 is 0 Å². The molecule has 0 saturated carbocycles. The van der Waals surface area contributed by atoms with Gasteiger partial charge in [0, 0.05) is 36.3 Å². The summed E-state index contributed by atoms with van der Waals surface area (Å²) in [6, 6.07) is 12.5. The zero-order valence-electron chi connectivity index (χ0n) is 16.5. The van der Waals surface area contributed by atoms with Gasteiger partial charge in [-0.05, 0) is 66.9 Å². The molecule has 0 aliphatic carbocycles. The molecule has 4 rings (SSSR count). The van der Waals surface area contributed by atoms with E-state index in [0.29, 0.717) is 0 Å². The lowest BCUT2D eigenvalue weighted by atomic mass is 10.1. The van der Waals surface area contributed by atoms with E-state index in [1.807, 2.05) is 23.2 Å². The van der Waals surface area contributed by atoms with Crippen molar-refractivity contribution in [1.82, 2.24) is 25.1 Å². The molecule has 6 heteroatoms. The molecule has 5 nitrogen and oxygen atoms in total. The Balaban J connectivity index is 1.46. The first-order valence-corrected chi connectivity index (χ1v) is 9.85. The van der Waals surface area contributed by atoms with Crippen LogP contribution in [0, 0.1) is 17.7 Å². The Morgan fingerprint density at radius 3 is 2.73 bits per heavy atom. The summed E-state index contributed by atoms with van der Waals surface area (Å²) < 4.78 is 15.1. The zero-order valence-corrected chi connectivity index (χ0v) is 16.5. The van der Waals surface area contributed by atoms with Crippen LogP contribution in [0.25, 0.3) is 5.69 Å². The molecule has 0 bridgehead atoms. The summed E-state index contributed by atoms with van der Waals surface area (Å²) in [7, 11) is 0. The van der Waals surface area contributed by atoms with Gasteiger partial charge in [-0.2, -0.15) is 5.10 Å². The summed E-state index contributed by atoms with van der Waals surface area (Å²) in [6.45, 7) is 1.69. The zero-order chi connectivity index (χ0) is 20.6. The van der Waals surface area contributed by atoms with Crippen molar-refractivity contribution < 1.29 is 4.39 Å². The van der Waals surface area contributed by atoms with Crippen LogP contribution in [0.2, 0.25) is 0 Å². The molecule has 2 N–H and O–H groups in total. The van der Waals surface area contributed by atoms with Crippen LogP contribution in [0.1, 0.15) is 28.7 Å². The van der Waals surface area contributed by atoms with Crippen molar-refractivity contribution in [2.45, 2.75) is 19.4 Å². The van der Waals surface area contributed by atoms with E-state index in [1.165, 1.54) is 17.7 Å². The van der Waals surface area contributed by atoms with Gasteiger partial charge in [-0.3, -0.25) is 5.10 Å². The molecule has 0 amide bonds. The molecule has 0 aliphatic rings. The first-order valence-electron chi connectivity index (χ1n) is 9.85.